The highest BCUT2D eigenvalue weighted by Crippen LogP contribution is 2.01. The molecule has 17 heavy (non-hydrogen) atoms. The molecule has 0 radical (unpaired) electrons. The summed E-state index contributed by atoms with van der Waals surface area (Å²) in [6, 6.07) is 0. The first kappa shape index (κ1) is 12.9. The van der Waals surface area contributed by atoms with Gasteiger partial charge in [-0.15, -0.1) is 0 Å². The second-order valence-corrected chi connectivity index (χ2v) is 3.33. The summed E-state index contributed by atoms with van der Waals surface area (Å²) in [5.74, 6) is -1.92. The minimum absolute atomic E-state index is 0.170. The van der Waals surface area contributed by atoms with Crippen molar-refractivity contribution in [1.29, 1.82) is 0 Å². The van der Waals surface area contributed by atoms with Gasteiger partial charge in [0.2, 0.25) is 11.8 Å². The van der Waals surface area contributed by atoms with E-state index in [1.54, 1.807) is 6.92 Å². The van der Waals surface area contributed by atoms with Crippen LogP contribution < -0.4 is 10.6 Å². The Kier molecular flexibility index (Phi) is 4.38. The highest BCUT2D eigenvalue weighted by Gasteiger charge is 2.25. The van der Waals surface area contributed by atoms with Gasteiger partial charge < -0.3 is 10.6 Å². The molecule has 1 aliphatic heterocycles. The zero-order valence-corrected chi connectivity index (χ0v) is 9.36. The maximum Gasteiger partial charge on any atom is 0.254 e. The second-order valence-electron chi connectivity index (χ2n) is 3.33. The molecule has 0 aromatic rings. The van der Waals surface area contributed by atoms with Crippen LogP contribution in [0, 0.1) is 0 Å². The molecule has 7 nitrogen and oxygen atoms in total. The van der Waals surface area contributed by atoms with Crippen LogP contribution in [0.1, 0.15) is 6.92 Å². The number of amides is 4. The van der Waals surface area contributed by atoms with Gasteiger partial charge in [-0.25, -0.2) is 0 Å². The van der Waals surface area contributed by atoms with Gasteiger partial charge in [0.15, 0.2) is 0 Å². The fourth-order valence-electron chi connectivity index (χ4n) is 1.23. The minimum Gasteiger partial charge on any atom is -0.355 e. The van der Waals surface area contributed by atoms with Crippen molar-refractivity contribution in [2.75, 3.05) is 19.6 Å². The zero-order valence-electron chi connectivity index (χ0n) is 9.36. The van der Waals surface area contributed by atoms with Crippen LogP contribution in [-0.4, -0.2) is 48.2 Å². The van der Waals surface area contributed by atoms with Crippen LogP contribution in [0.2, 0.25) is 0 Å². The summed E-state index contributed by atoms with van der Waals surface area (Å²) >= 11 is 0. The van der Waals surface area contributed by atoms with Crippen molar-refractivity contribution in [1.82, 2.24) is 15.5 Å². The third kappa shape index (κ3) is 3.71. The van der Waals surface area contributed by atoms with E-state index >= 15 is 0 Å². The second kappa shape index (κ2) is 5.78. The zero-order chi connectivity index (χ0) is 12.8. The van der Waals surface area contributed by atoms with Crippen molar-refractivity contribution in [3.05, 3.63) is 12.2 Å². The molecule has 4 amide bonds. The maximum absolute atomic E-state index is 11.3. The largest absolute Gasteiger partial charge is 0.355 e. The summed E-state index contributed by atoms with van der Waals surface area (Å²) in [6.45, 7) is 1.69. The van der Waals surface area contributed by atoms with Gasteiger partial charge in [0.25, 0.3) is 11.8 Å². The molecular weight excluding hydrogens is 226 g/mol. The molecule has 92 valence electrons. The molecule has 2 N–H and O–H groups in total. The van der Waals surface area contributed by atoms with Gasteiger partial charge in [-0.3, -0.25) is 24.1 Å². The minimum atomic E-state index is -0.554. The first-order valence-electron chi connectivity index (χ1n) is 5.11. The third-order valence-corrected chi connectivity index (χ3v) is 2.02. The van der Waals surface area contributed by atoms with E-state index in [-0.39, 0.29) is 19.0 Å². The smallest absolute Gasteiger partial charge is 0.254 e. The molecule has 0 aliphatic carbocycles. The van der Waals surface area contributed by atoms with Crippen LogP contribution in [-0.2, 0) is 19.2 Å². The molecule has 1 rings (SSSR count). The number of imide groups is 1. The number of nitrogens with zero attached hydrogens (tertiary/aromatic N) is 1. The first-order valence-corrected chi connectivity index (χ1v) is 5.11. The number of carbonyl (C=O) groups excluding carboxylic acids is 4. The Morgan fingerprint density at radius 3 is 2.24 bits per heavy atom. The molecule has 0 unspecified atom stereocenters. The highest BCUT2D eigenvalue weighted by atomic mass is 16.2. The Morgan fingerprint density at radius 1 is 1.12 bits per heavy atom. The van der Waals surface area contributed by atoms with Gasteiger partial charge in [-0.1, -0.05) is 0 Å². The predicted molar refractivity (Wildman–Crippen MR) is 57.6 cm³/mol. The number of hydrogen-bond donors (Lipinski definition) is 2. The quantitative estimate of drug-likeness (QED) is 0.551. The average Bonchev–Trinajstić information content (AvgIpc) is 2.58. The Labute approximate surface area is 97.8 Å². The van der Waals surface area contributed by atoms with Crippen molar-refractivity contribution in [2.24, 2.45) is 0 Å². The van der Waals surface area contributed by atoms with Crippen molar-refractivity contribution >= 4 is 23.6 Å². The number of hydrogen-bond acceptors (Lipinski definition) is 4. The number of nitrogens with one attached hydrogen (secondary N) is 2. The number of rotatable bonds is 5. The normalized spacial score (nSPS) is 14.1. The third-order valence-electron chi connectivity index (χ3n) is 2.02. The van der Waals surface area contributed by atoms with Crippen LogP contribution in [0.4, 0.5) is 0 Å². The Hall–Kier alpha value is -2.18. The lowest BCUT2D eigenvalue weighted by Gasteiger charge is -2.13. The molecule has 0 bridgehead atoms. The van der Waals surface area contributed by atoms with Gasteiger partial charge in [-0.2, -0.15) is 0 Å². The molecule has 0 aromatic heterocycles. The summed E-state index contributed by atoms with van der Waals surface area (Å²) < 4.78 is 0. The monoisotopic (exact) mass is 239 g/mol. The molecule has 0 saturated carbocycles. The number of carbonyl (C=O) groups is 4. The van der Waals surface area contributed by atoms with Gasteiger partial charge >= 0.3 is 0 Å². The molecule has 0 fully saturated rings. The molecule has 0 spiro atoms. The van der Waals surface area contributed by atoms with E-state index in [2.05, 4.69) is 10.6 Å². The van der Waals surface area contributed by atoms with E-state index in [4.69, 9.17) is 0 Å². The Bertz CT molecular complexity index is 371. The average molecular weight is 239 g/mol. The van der Waals surface area contributed by atoms with Gasteiger partial charge in [0.05, 0.1) is 6.54 Å². The van der Waals surface area contributed by atoms with Crippen LogP contribution in [0.15, 0.2) is 12.2 Å². The molecule has 0 saturated heterocycles. The fourth-order valence-corrected chi connectivity index (χ4v) is 1.23. The van der Waals surface area contributed by atoms with Gasteiger partial charge in [0, 0.05) is 18.7 Å². The Balaban J connectivity index is 2.33. The molecule has 1 aliphatic rings. The van der Waals surface area contributed by atoms with E-state index in [0.29, 0.717) is 6.54 Å². The lowest BCUT2D eigenvalue weighted by Crippen LogP contribution is -2.43. The highest BCUT2D eigenvalue weighted by molar-refractivity contribution is 6.14. The van der Waals surface area contributed by atoms with Gasteiger partial charge in [0.1, 0.15) is 6.54 Å². The van der Waals surface area contributed by atoms with Crippen molar-refractivity contribution in [3.8, 4) is 0 Å². The summed E-state index contributed by atoms with van der Waals surface area (Å²) in [4.78, 5) is 45.4. The van der Waals surface area contributed by atoms with E-state index in [0.717, 1.165) is 17.1 Å². The van der Waals surface area contributed by atoms with Crippen LogP contribution in [0.3, 0.4) is 0 Å². The van der Waals surface area contributed by atoms with Crippen LogP contribution in [0.5, 0.6) is 0 Å². The van der Waals surface area contributed by atoms with E-state index < -0.39 is 17.7 Å². The molecule has 1 heterocycles. The lowest BCUT2D eigenvalue weighted by molar-refractivity contribution is -0.141. The van der Waals surface area contributed by atoms with Crippen molar-refractivity contribution in [2.45, 2.75) is 6.92 Å². The summed E-state index contributed by atoms with van der Waals surface area (Å²) in [5.41, 5.74) is 0. The van der Waals surface area contributed by atoms with Crippen LogP contribution in [0.25, 0.3) is 0 Å². The summed E-state index contributed by atoms with van der Waals surface area (Å²) in [5, 5.41) is 4.81. The van der Waals surface area contributed by atoms with E-state index in [1.165, 1.54) is 0 Å². The molecule has 0 aromatic carbocycles. The Morgan fingerprint density at radius 2 is 1.71 bits per heavy atom. The topological polar surface area (TPSA) is 95.6 Å². The van der Waals surface area contributed by atoms with Gasteiger partial charge in [-0.05, 0) is 6.92 Å². The molecule has 0 atom stereocenters. The lowest BCUT2D eigenvalue weighted by atomic mass is 10.4. The predicted octanol–water partition coefficient (Wildman–Crippen LogP) is -1.84. The summed E-state index contributed by atoms with van der Waals surface area (Å²) in [6.07, 6.45) is 2.19. The van der Waals surface area contributed by atoms with E-state index in [1.807, 2.05) is 0 Å². The summed E-state index contributed by atoms with van der Waals surface area (Å²) in [7, 11) is 0. The standard InChI is InChI=1S/C10H13N3O4/c1-2-11-7(14)5-12-8(15)6-13-9(16)3-4-10(13)17/h3-4H,2,5-6H2,1H3,(H,11,14)(H,12,15). The SMILES string of the molecule is CCNC(=O)CNC(=O)CN1C(=O)C=CC1=O. The van der Waals surface area contributed by atoms with Crippen LogP contribution >= 0.6 is 0 Å². The fraction of sp³-hybridized carbons (Fsp3) is 0.400. The molecule has 7 heteroatoms. The molecular formula is C10H13N3O4. The number of likely N-dealkylation sites (N-methyl/N-ethyl adjacent to an activating group) is 1. The van der Waals surface area contributed by atoms with Crippen molar-refractivity contribution < 1.29 is 19.2 Å². The van der Waals surface area contributed by atoms with E-state index in [9.17, 15) is 19.2 Å². The maximum atomic E-state index is 11.3. The van der Waals surface area contributed by atoms with Crippen molar-refractivity contribution in [3.63, 3.8) is 0 Å². The first-order chi connectivity index (χ1) is 8.04.